The predicted molar refractivity (Wildman–Crippen MR) is 102 cm³/mol. The molecule has 0 aromatic heterocycles. The number of nitrogens with one attached hydrogen (secondary N) is 1. The van der Waals surface area contributed by atoms with Crippen molar-refractivity contribution in [1.82, 2.24) is 0 Å². The molecule has 2 aromatic carbocycles. The van der Waals surface area contributed by atoms with Gasteiger partial charge in [0.05, 0.1) is 48.6 Å². The first kappa shape index (κ1) is 21.9. The summed E-state index contributed by atoms with van der Waals surface area (Å²) >= 11 is 0. The Kier molecular flexibility index (Phi) is 6.60. The number of methoxy groups -OCH3 is 3. The minimum Gasteiger partial charge on any atom is -0.465 e. The van der Waals surface area contributed by atoms with Gasteiger partial charge >= 0.3 is 17.9 Å². The summed E-state index contributed by atoms with van der Waals surface area (Å²) in [7, 11) is -0.757. The second-order valence-electron chi connectivity index (χ2n) is 5.82. The van der Waals surface area contributed by atoms with Crippen LogP contribution in [-0.4, -0.2) is 47.7 Å². The summed E-state index contributed by atoms with van der Waals surface area (Å²) in [6, 6.07) is 7.75. The monoisotopic (exact) mass is 421 g/mol. The largest absolute Gasteiger partial charge is 0.465 e. The molecule has 0 radical (unpaired) electrons. The van der Waals surface area contributed by atoms with Crippen LogP contribution < -0.4 is 4.72 Å². The molecular formula is C19H19NO8S. The number of carbonyl (C=O) groups excluding carboxylic acids is 3. The van der Waals surface area contributed by atoms with Crippen LogP contribution in [0.4, 0.5) is 5.69 Å². The molecule has 0 saturated heterocycles. The second-order valence-corrected chi connectivity index (χ2v) is 7.47. The molecule has 0 aliphatic rings. The Morgan fingerprint density at radius 1 is 0.793 bits per heavy atom. The highest BCUT2D eigenvalue weighted by molar-refractivity contribution is 7.92. The molecule has 0 aliphatic carbocycles. The first-order chi connectivity index (χ1) is 13.6. The number of esters is 3. The Labute approximate surface area is 167 Å². The lowest BCUT2D eigenvalue weighted by Gasteiger charge is -2.14. The molecular weight excluding hydrogens is 402 g/mol. The van der Waals surface area contributed by atoms with E-state index < -0.39 is 27.9 Å². The van der Waals surface area contributed by atoms with E-state index in [2.05, 4.69) is 18.9 Å². The van der Waals surface area contributed by atoms with Gasteiger partial charge in [0.2, 0.25) is 0 Å². The van der Waals surface area contributed by atoms with Crippen LogP contribution in [0.25, 0.3) is 0 Å². The molecule has 0 atom stereocenters. The van der Waals surface area contributed by atoms with Crippen LogP contribution in [0.15, 0.2) is 41.3 Å². The summed E-state index contributed by atoms with van der Waals surface area (Å²) in [4.78, 5) is 35.4. The van der Waals surface area contributed by atoms with Crippen LogP contribution in [0.2, 0.25) is 0 Å². The average Bonchev–Trinajstić information content (AvgIpc) is 2.71. The van der Waals surface area contributed by atoms with Crippen molar-refractivity contribution < 1.29 is 37.0 Å². The summed E-state index contributed by atoms with van der Waals surface area (Å²) in [6.45, 7) is 1.54. The van der Waals surface area contributed by atoms with Crippen molar-refractivity contribution in [3.63, 3.8) is 0 Å². The average molecular weight is 421 g/mol. The van der Waals surface area contributed by atoms with Gasteiger partial charge in [-0.15, -0.1) is 0 Å². The van der Waals surface area contributed by atoms with Gasteiger partial charge in [0.1, 0.15) is 0 Å². The van der Waals surface area contributed by atoms with E-state index in [9.17, 15) is 22.8 Å². The Balaban J connectivity index is 2.58. The van der Waals surface area contributed by atoms with Crippen molar-refractivity contribution in [3.8, 4) is 0 Å². The van der Waals surface area contributed by atoms with Crippen molar-refractivity contribution >= 4 is 33.6 Å². The molecule has 1 N–H and O–H groups in total. The van der Waals surface area contributed by atoms with Gasteiger partial charge in [0, 0.05) is 0 Å². The number of ether oxygens (including phenoxy) is 3. The van der Waals surface area contributed by atoms with E-state index in [1.807, 2.05) is 0 Å². The van der Waals surface area contributed by atoms with Crippen molar-refractivity contribution in [2.75, 3.05) is 26.1 Å². The van der Waals surface area contributed by atoms with Gasteiger partial charge in [-0.05, 0) is 42.8 Å². The number of anilines is 1. The molecule has 0 heterocycles. The molecule has 0 saturated carbocycles. The maximum Gasteiger partial charge on any atom is 0.339 e. The molecule has 0 unspecified atom stereocenters. The molecule has 2 aromatic rings. The summed E-state index contributed by atoms with van der Waals surface area (Å²) < 4.78 is 42.1. The van der Waals surface area contributed by atoms with E-state index in [-0.39, 0.29) is 27.3 Å². The van der Waals surface area contributed by atoms with E-state index in [0.717, 1.165) is 19.2 Å². The van der Waals surface area contributed by atoms with Gasteiger partial charge in [-0.2, -0.15) is 0 Å². The number of carbonyl (C=O) groups is 3. The summed E-state index contributed by atoms with van der Waals surface area (Å²) in [5, 5.41) is 0. The van der Waals surface area contributed by atoms with Crippen LogP contribution in [0.1, 0.15) is 36.6 Å². The Bertz CT molecular complexity index is 1080. The summed E-state index contributed by atoms with van der Waals surface area (Å²) in [5.41, 5.74) is 0.134. The number of aryl methyl sites for hydroxylation is 1. The normalized spacial score (nSPS) is 10.8. The lowest BCUT2D eigenvalue weighted by atomic mass is 10.1. The van der Waals surface area contributed by atoms with Crippen molar-refractivity contribution in [2.24, 2.45) is 0 Å². The topological polar surface area (TPSA) is 125 Å². The Morgan fingerprint density at radius 3 is 1.86 bits per heavy atom. The van der Waals surface area contributed by atoms with E-state index in [4.69, 9.17) is 0 Å². The molecule has 154 valence electrons. The Morgan fingerprint density at radius 2 is 1.31 bits per heavy atom. The third kappa shape index (κ3) is 4.72. The quantitative estimate of drug-likeness (QED) is 0.556. The third-order valence-corrected chi connectivity index (χ3v) is 5.50. The van der Waals surface area contributed by atoms with Crippen molar-refractivity contribution in [3.05, 3.63) is 58.7 Å². The lowest BCUT2D eigenvalue weighted by Crippen LogP contribution is -2.18. The SMILES string of the molecule is COC(=O)c1ccc(C(=O)OC)c(NS(=O)(=O)c2cc(C(=O)OC)ccc2C)c1. The van der Waals surface area contributed by atoms with Crippen LogP contribution >= 0.6 is 0 Å². The fourth-order valence-electron chi connectivity index (χ4n) is 2.50. The van der Waals surface area contributed by atoms with E-state index in [1.165, 1.54) is 38.5 Å². The standard InChI is InChI=1S/C19H19NO8S/c1-11-5-6-13(18(22)27-3)10-16(11)29(24,25)20-15-9-12(17(21)26-2)7-8-14(15)19(23)28-4/h5-10,20H,1-4H3. The molecule has 0 bridgehead atoms. The number of hydrogen-bond donors (Lipinski definition) is 1. The number of hydrogen-bond acceptors (Lipinski definition) is 8. The minimum atomic E-state index is -4.24. The zero-order valence-corrected chi connectivity index (χ0v) is 17.0. The van der Waals surface area contributed by atoms with Gasteiger partial charge in [-0.25, -0.2) is 22.8 Å². The molecule has 29 heavy (non-hydrogen) atoms. The van der Waals surface area contributed by atoms with Crippen LogP contribution in [0, 0.1) is 6.92 Å². The second kappa shape index (κ2) is 8.74. The van der Waals surface area contributed by atoms with Gasteiger partial charge in [-0.3, -0.25) is 4.72 Å². The zero-order chi connectivity index (χ0) is 21.8. The van der Waals surface area contributed by atoms with Gasteiger partial charge in [0.15, 0.2) is 0 Å². The highest BCUT2D eigenvalue weighted by Gasteiger charge is 2.23. The molecule has 0 fully saturated rings. The predicted octanol–water partition coefficient (Wildman–Crippen LogP) is 2.16. The van der Waals surface area contributed by atoms with Crippen molar-refractivity contribution in [2.45, 2.75) is 11.8 Å². The maximum atomic E-state index is 13.0. The fraction of sp³-hybridized carbons (Fsp3) is 0.211. The van der Waals surface area contributed by atoms with Crippen molar-refractivity contribution in [1.29, 1.82) is 0 Å². The number of sulfonamides is 1. The highest BCUT2D eigenvalue weighted by atomic mass is 32.2. The molecule has 0 spiro atoms. The fourth-order valence-corrected chi connectivity index (χ4v) is 3.84. The van der Waals surface area contributed by atoms with Gasteiger partial charge < -0.3 is 14.2 Å². The summed E-state index contributed by atoms with van der Waals surface area (Å²) in [6.07, 6.45) is 0. The lowest BCUT2D eigenvalue weighted by molar-refractivity contribution is 0.0587. The van der Waals surface area contributed by atoms with Gasteiger partial charge in [0.25, 0.3) is 10.0 Å². The van der Waals surface area contributed by atoms with E-state index in [0.29, 0.717) is 5.56 Å². The molecule has 0 amide bonds. The smallest absolute Gasteiger partial charge is 0.339 e. The molecule has 0 aliphatic heterocycles. The molecule has 10 heteroatoms. The Hall–Kier alpha value is -3.40. The maximum absolute atomic E-state index is 13.0. The molecule has 9 nitrogen and oxygen atoms in total. The van der Waals surface area contributed by atoms with Gasteiger partial charge in [-0.1, -0.05) is 6.07 Å². The van der Waals surface area contributed by atoms with Crippen LogP contribution in [0.3, 0.4) is 0 Å². The molecule has 2 rings (SSSR count). The van der Waals surface area contributed by atoms with E-state index in [1.54, 1.807) is 6.92 Å². The number of rotatable bonds is 6. The zero-order valence-electron chi connectivity index (χ0n) is 16.1. The van der Waals surface area contributed by atoms with Crippen LogP contribution in [-0.2, 0) is 24.2 Å². The third-order valence-electron chi connectivity index (χ3n) is 3.99. The first-order valence-corrected chi connectivity index (χ1v) is 9.65. The highest BCUT2D eigenvalue weighted by Crippen LogP contribution is 2.25. The van der Waals surface area contributed by atoms with Crippen LogP contribution in [0.5, 0.6) is 0 Å². The van der Waals surface area contributed by atoms with E-state index >= 15 is 0 Å². The minimum absolute atomic E-state index is 0.0258. The number of benzene rings is 2. The summed E-state index contributed by atoms with van der Waals surface area (Å²) in [5.74, 6) is -2.23. The first-order valence-electron chi connectivity index (χ1n) is 8.17.